The SMILES string of the molecule is CCOC(=O)NCC(NC(C)=O)c1cccc(Cl)c1. The number of nitrogens with one attached hydrogen (secondary N) is 2. The smallest absolute Gasteiger partial charge is 0.407 e. The topological polar surface area (TPSA) is 67.4 Å². The minimum absolute atomic E-state index is 0.185. The molecule has 0 aliphatic rings. The van der Waals surface area contributed by atoms with E-state index in [-0.39, 0.29) is 18.5 Å². The molecular formula is C13H17ClN2O3. The van der Waals surface area contributed by atoms with E-state index in [1.165, 1.54) is 6.92 Å². The number of carbonyl (C=O) groups excluding carboxylic acids is 2. The molecule has 19 heavy (non-hydrogen) atoms. The Balaban J connectivity index is 2.72. The van der Waals surface area contributed by atoms with Crippen molar-refractivity contribution in [2.45, 2.75) is 19.9 Å². The molecule has 0 aromatic heterocycles. The lowest BCUT2D eigenvalue weighted by Gasteiger charge is -2.19. The molecule has 0 saturated carbocycles. The van der Waals surface area contributed by atoms with Gasteiger partial charge in [0.2, 0.25) is 5.91 Å². The van der Waals surface area contributed by atoms with Crippen LogP contribution in [0.5, 0.6) is 0 Å². The van der Waals surface area contributed by atoms with Crippen molar-refractivity contribution in [2.75, 3.05) is 13.2 Å². The van der Waals surface area contributed by atoms with E-state index in [2.05, 4.69) is 10.6 Å². The molecule has 1 atom stereocenters. The van der Waals surface area contributed by atoms with Crippen molar-refractivity contribution >= 4 is 23.6 Å². The first-order valence-electron chi connectivity index (χ1n) is 5.96. The molecule has 0 saturated heterocycles. The predicted molar refractivity (Wildman–Crippen MR) is 73.0 cm³/mol. The van der Waals surface area contributed by atoms with Crippen LogP contribution in [-0.4, -0.2) is 25.2 Å². The number of carbonyl (C=O) groups is 2. The molecule has 0 aliphatic carbocycles. The van der Waals surface area contributed by atoms with Crippen molar-refractivity contribution in [3.63, 3.8) is 0 Å². The number of benzene rings is 1. The first kappa shape index (κ1) is 15.3. The maximum absolute atomic E-state index is 11.3. The first-order valence-corrected chi connectivity index (χ1v) is 6.34. The highest BCUT2D eigenvalue weighted by Crippen LogP contribution is 2.17. The molecule has 1 unspecified atom stereocenters. The summed E-state index contributed by atoms with van der Waals surface area (Å²) in [5.74, 6) is -0.185. The minimum atomic E-state index is -0.514. The van der Waals surface area contributed by atoms with Crippen LogP contribution in [-0.2, 0) is 9.53 Å². The van der Waals surface area contributed by atoms with Gasteiger partial charge in [0.25, 0.3) is 0 Å². The van der Waals surface area contributed by atoms with Crippen LogP contribution >= 0.6 is 11.6 Å². The summed E-state index contributed by atoms with van der Waals surface area (Å²) in [7, 11) is 0. The van der Waals surface area contributed by atoms with Gasteiger partial charge in [0, 0.05) is 18.5 Å². The lowest BCUT2D eigenvalue weighted by molar-refractivity contribution is -0.119. The van der Waals surface area contributed by atoms with Crippen molar-refractivity contribution in [2.24, 2.45) is 0 Å². The van der Waals surface area contributed by atoms with E-state index in [0.717, 1.165) is 5.56 Å². The van der Waals surface area contributed by atoms with E-state index in [9.17, 15) is 9.59 Å². The van der Waals surface area contributed by atoms with Crippen LogP contribution in [0.4, 0.5) is 4.79 Å². The van der Waals surface area contributed by atoms with Crippen LogP contribution in [0, 0.1) is 0 Å². The Morgan fingerprint density at radius 2 is 2.16 bits per heavy atom. The third kappa shape index (κ3) is 5.61. The number of hydrogen-bond acceptors (Lipinski definition) is 3. The fraction of sp³-hybridized carbons (Fsp3) is 0.385. The van der Waals surface area contributed by atoms with E-state index in [1.807, 2.05) is 6.07 Å². The molecule has 2 amide bonds. The van der Waals surface area contributed by atoms with Gasteiger partial charge < -0.3 is 15.4 Å². The molecule has 2 N–H and O–H groups in total. The van der Waals surface area contributed by atoms with Gasteiger partial charge in [-0.15, -0.1) is 0 Å². The van der Waals surface area contributed by atoms with Crippen LogP contribution in [0.25, 0.3) is 0 Å². The van der Waals surface area contributed by atoms with Gasteiger partial charge in [-0.3, -0.25) is 4.79 Å². The Morgan fingerprint density at radius 3 is 2.74 bits per heavy atom. The molecule has 0 spiro atoms. The minimum Gasteiger partial charge on any atom is -0.450 e. The maximum Gasteiger partial charge on any atom is 0.407 e. The Morgan fingerprint density at radius 1 is 1.42 bits per heavy atom. The maximum atomic E-state index is 11.3. The summed E-state index contributed by atoms with van der Waals surface area (Å²) >= 11 is 5.91. The Kier molecular flexibility index (Phi) is 6.15. The second-order valence-corrected chi connectivity index (χ2v) is 4.35. The normalized spacial score (nSPS) is 11.5. The molecule has 0 heterocycles. The van der Waals surface area contributed by atoms with E-state index in [1.54, 1.807) is 25.1 Å². The summed E-state index contributed by atoms with van der Waals surface area (Å²) in [6.45, 7) is 3.68. The largest absolute Gasteiger partial charge is 0.450 e. The summed E-state index contributed by atoms with van der Waals surface area (Å²) in [5.41, 5.74) is 0.819. The van der Waals surface area contributed by atoms with Crippen molar-refractivity contribution in [3.05, 3.63) is 34.9 Å². The molecule has 6 heteroatoms. The van der Waals surface area contributed by atoms with Gasteiger partial charge in [0.15, 0.2) is 0 Å². The molecule has 104 valence electrons. The monoisotopic (exact) mass is 284 g/mol. The van der Waals surface area contributed by atoms with Crippen LogP contribution in [0.15, 0.2) is 24.3 Å². The lowest BCUT2D eigenvalue weighted by Crippen LogP contribution is -2.37. The number of halogens is 1. The van der Waals surface area contributed by atoms with Gasteiger partial charge in [-0.1, -0.05) is 23.7 Å². The second kappa shape index (κ2) is 7.63. The number of hydrogen-bond donors (Lipinski definition) is 2. The Hall–Kier alpha value is -1.75. The second-order valence-electron chi connectivity index (χ2n) is 3.91. The van der Waals surface area contributed by atoms with Crippen LogP contribution in [0.2, 0.25) is 5.02 Å². The third-order valence-electron chi connectivity index (χ3n) is 2.35. The highest BCUT2D eigenvalue weighted by Gasteiger charge is 2.14. The van der Waals surface area contributed by atoms with E-state index in [4.69, 9.17) is 16.3 Å². The van der Waals surface area contributed by atoms with E-state index >= 15 is 0 Å². The van der Waals surface area contributed by atoms with E-state index < -0.39 is 6.09 Å². The molecule has 0 radical (unpaired) electrons. The summed E-state index contributed by atoms with van der Waals surface area (Å²) in [6.07, 6.45) is -0.514. The van der Waals surface area contributed by atoms with Crippen molar-refractivity contribution in [1.29, 1.82) is 0 Å². The zero-order valence-corrected chi connectivity index (χ0v) is 11.7. The lowest BCUT2D eigenvalue weighted by atomic mass is 10.1. The molecule has 0 fully saturated rings. The van der Waals surface area contributed by atoms with Crippen molar-refractivity contribution < 1.29 is 14.3 Å². The number of ether oxygens (including phenoxy) is 1. The molecule has 1 rings (SSSR count). The standard InChI is InChI=1S/C13H17ClN2O3/c1-3-19-13(18)15-8-12(16-9(2)17)10-5-4-6-11(14)7-10/h4-7,12H,3,8H2,1-2H3,(H,15,18)(H,16,17). The Bertz CT molecular complexity index is 451. The summed E-state index contributed by atoms with van der Waals surface area (Å²) in [4.78, 5) is 22.5. The summed E-state index contributed by atoms with van der Waals surface area (Å²) in [6, 6.07) is 6.76. The van der Waals surface area contributed by atoms with Gasteiger partial charge in [-0.2, -0.15) is 0 Å². The quantitative estimate of drug-likeness (QED) is 0.871. The molecule has 1 aromatic rings. The molecule has 5 nitrogen and oxygen atoms in total. The van der Waals surface area contributed by atoms with E-state index in [0.29, 0.717) is 11.6 Å². The molecule has 1 aromatic carbocycles. The van der Waals surface area contributed by atoms with Crippen LogP contribution in [0.1, 0.15) is 25.5 Å². The van der Waals surface area contributed by atoms with Gasteiger partial charge in [0.1, 0.15) is 0 Å². The predicted octanol–water partition coefficient (Wildman–Crippen LogP) is 2.26. The molecular weight excluding hydrogens is 268 g/mol. The van der Waals surface area contributed by atoms with Crippen LogP contribution in [0.3, 0.4) is 0 Å². The fourth-order valence-corrected chi connectivity index (χ4v) is 1.79. The zero-order valence-electron chi connectivity index (χ0n) is 10.9. The number of rotatable bonds is 5. The summed E-state index contributed by atoms with van der Waals surface area (Å²) in [5, 5.41) is 5.91. The van der Waals surface area contributed by atoms with Crippen LogP contribution < -0.4 is 10.6 Å². The fourth-order valence-electron chi connectivity index (χ4n) is 1.59. The van der Waals surface area contributed by atoms with Gasteiger partial charge >= 0.3 is 6.09 Å². The zero-order chi connectivity index (χ0) is 14.3. The van der Waals surface area contributed by atoms with Gasteiger partial charge in [-0.05, 0) is 24.6 Å². The first-order chi connectivity index (χ1) is 9.02. The number of alkyl carbamates (subject to hydrolysis) is 1. The van der Waals surface area contributed by atoms with Crippen molar-refractivity contribution in [1.82, 2.24) is 10.6 Å². The highest BCUT2D eigenvalue weighted by molar-refractivity contribution is 6.30. The highest BCUT2D eigenvalue weighted by atomic mass is 35.5. The molecule has 0 aliphatic heterocycles. The number of amides is 2. The Labute approximate surface area is 117 Å². The summed E-state index contributed by atoms with van der Waals surface area (Å²) < 4.78 is 4.77. The average molecular weight is 285 g/mol. The average Bonchev–Trinajstić information content (AvgIpc) is 2.34. The molecule has 0 bridgehead atoms. The van der Waals surface area contributed by atoms with Gasteiger partial charge in [0.05, 0.1) is 12.6 Å². The van der Waals surface area contributed by atoms with Crippen molar-refractivity contribution in [3.8, 4) is 0 Å². The van der Waals surface area contributed by atoms with Gasteiger partial charge in [-0.25, -0.2) is 4.79 Å². The third-order valence-corrected chi connectivity index (χ3v) is 2.59.